The van der Waals surface area contributed by atoms with Crippen LogP contribution in [0.4, 0.5) is 0 Å². The highest BCUT2D eigenvalue weighted by molar-refractivity contribution is 5.47. The van der Waals surface area contributed by atoms with Crippen molar-refractivity contribution in [2.75, 3.05) is 0 Å². The van der Waals surface area contributed by atoms with Gasteiger partial charge in [-0.1, -0.05) is 38.2 Å². The Morgan fingerprint density at radius 3 is 2.67 bits per heavy atom. The van der Waals surface area contributed by atoms with Gasteiger partial charge in [0.25, 0.3) is 0 Å². The second kappa shape index (κ2) is 4.36. The molecule has 1 heteroatoms. The molecule has 0 radical (unpaired) electrons. The van der Waals surface area contributed by atoms with Gasteiger partial charge in [0.2, 0.25) is 0 Å². The fourth-order valence-corrected chi connectivity index (χ4v) is 2.51. The van der Waals surface area contributed by atoms with Crippen molar-refractivity contribution in [3.63, 3.8) is 0 Å². The molecule has 1 unspecified atom stereocenters. The maximum atomic E-state index is 9.43. The summed E-state index contributed by atoms with van der Waals surface area (Å²) in [6.45, 7) is 12.5. The average Bonchev–Trinajstić information content (AvgIpc) is 1.99. The van der Waals surface area contributed by atoms with Gasteiger partial charge in [0.05, 0.1) is 6.10 Å². The van der Waals surface area contributed by atoms with Crippen LogP contribution in [0.3, 0.4) is 0 Å². The Bertz CT molecular complexity index is 316. The predicted octanol–water partition coefficient (Wildman–Crippen LogP) is 3.62. The van der Waals surface area contributed by atoms with Crippen LogP contribution in [0.25, 0.3) is 0 Å². The lowest BCUT2D eigenvalue weighted by molar-refractivity contribution is 0.194. The fourth-order valence-electron chi connectivity index (χ4n) is 2.51. The first-order chi connectivity index (χ1) is 6.84. The predicted molar refractivity (Wildman–Crippen MR) is 65.7 cm³/mol. The van der Waals surface area contributed by atoms with Crippen molar-refractivity contribution in [3.8, 4) is 0 Å². The third-order valence-corrected chi connectivity index (χ3v) is 2.97. The molecule has 1 aliphatic rings. The van der Waals surface area contributed by atoms with Crippen molar-refractivity contribution in [2.45, 2.75) is 46.6 Å². The number of rotatable bonds is 2. The Labute approximate surface area is 93.2 Å². The summed E-state index contributed by atoms with van der Waals surface area (Å²) in [6, 6.07) is 0. The molecule has 0 amide bonds. The number of aliphatic hydroxyl groups is 1. The van der Waals surface area contributed by atoms with Crippen LogP contribution in [-0.2, 0) is 0 Å². The molecule has 1 atom stereocenters. The average molecular weight is 206 g/mol. The van der Waals surface area contributed by atoms with Crippen LogP contribution in [-0.4, -0.2) is 11.2 Å². The summed E-state index contributed by atoms with van der Waals surface area (Å²) in [5, 5.41) is 9.43. The van der Waals surface area contributed by atoms with Gasteiger partial charge in [-0.3, -0.25) is 0 Å². The lowest BCUT2D eigenvalue weighted by Gasteiger charge is -2.33. The summed E-state index contributed by atoms with van der Waals surface area (Å²) in [5.74, 6) is 0. The molecule has 0 saturated carbocycles. The smallest absolute Gasteiger partial charge is 0.0549 e. The van der Waals surface area contributed by atoms with Crippen molar-refractivity contribution < 1.29 is 5.11 Å². The third-order valence-electron chi connectivity index (χ3n) is 2.97. The van der Waals surface area contributed by atoms with E-state index in [0.717, 1.165) is 18.4 Å². The van der Waals surface area contributed by atoms with Crippen molar-refractivity contribution in [1.82, 2.24) is 0 Å². The lowest BCUT2D eigenvalue weighted by atomic mass is 9.72. The Balaban J connectivity index is 3.08. The minimum Gasteiger partial charge on any atom is -0.393 e. The minimum absolute atomic E-state index is 0.158. The highest BCUT2D eigenvalue weighted by Crippen LogP contribution is 2.41. The van der Waals surface area contributed by atoms with Crippen LogP contribution in [0.15, 0.2) is 35.5 Å². The molecule has 84 valence electrons. The monoisotopic (exact) mass is 206 g/mol. The number of hydrogen-bond donors (Lipinski definition) is 1. The molecule has 0 aliphatic heterocycles. The molecular formula is C14H22O. The summed E-state index contributed by atoms with van der Waals surface area (Å²) in [7, 11) is 0. The van der Waals surface area contributed by atoms with Gasteiger partial charge in [0, 0.05) is 0 Å². The molecular weight excluding hydrogens is 184 g/mol. The van der Waals surface area contributed by atoms with E-state index < -0.39 is 0 Å². The Morgan fingerprint density at radius 1 is 1.60 bits per heavy atom. The lowest BCUT2D eigenvalue weighted by Crippen LogP contribution is -2.20. The Hall–Kier alpha value is -0.820. The van der Waals surface area contributed by atoms with E-state index in [1.54, 1.807) is 0 Å². The minimum atomic E-state index is -0.271. The molecule has 15 heavy (non-hydrogen) atoms. The molecule has 0 spiro atoms. The van der Waals surface area contributed by atoms with Crippen LogP contribution >= 0.6 is 0 Å². The van der Waals surface area contributed by atoms with E-state index in [1.807, 2.05) is 6.92 Å². The summed E-state index contributed by atoms with van der Waals surface area (Å²) in [6.07, 6.45) is 5.80. The summed E-state index contributed by atoms with van der Waals surface area (Å²) >= 11 is 0. The van der Waals surface area contributed by atoms with Crippen LogP contribution < -0.4 is 0 Å². The van der Waals surface area contributed by atoms with E-state index in [-0.39, 0.29) is 11.5 Å². The van der Waals surface area contributed by atoms with Gasteiger partial charge >= 0.3 is 0 Å². The molecule has 1 aliphatic carbocycles. The van der Waals surface area contributed by atoms with E-state index >= 15 is 0 Å². The van der Waals surface area contributed by atoms with Crippen LogP contribution in [0.1, 0.15) is 40.5 Å². The van der Waals surface area contributed by atoms with E-state index in [0.29, 0.717) is 0 Å². The second-order valence-electron chi connectivity index (χ2n) is 5.22. The summed E-state index contributed by atoms with van der Waals surface area (Å²) < 4.78 is 0. The maximum Gasteiger partial charge on any atom is 0.0549 e. The van der Waals surface area contributed by atoms with E-state index in [9.17, 15) is 5.11 Å². The number of allylic oxidation sites excluding steroid dienone is 4. The van der Waals surface area contributed by atoms with Crippen molar-refractivity contribution in [3.05, 3.63) is 35.5 Å². The first-order valence-corrected chi connectivity index (χ1v) is 5.58. The maximum absolute atomic E-state index is 9.43. The zero-order chi connectivity index (χ0) is 11.6. The quantitative estimate of drug-likeness (QED) is 0.731. The first-order valence-electron chi connectivity index (χ1n) is 5.58. The van der Waals surface area contributed by atoms with Crippen molar-refractivity contribution in [2.24, 2.45) is 5.41 Å². The normalized spacial score (nSPS) is 25.3. The summed E-state index contributed by atoms with van der Waals surface area (Å²) in [5.41, 5.74) is 3.85. The van der Waals surface area contributed by atoms with Crippen LogP contribution in [0, 0.1) is 5.41 Å². The summed E-state index contributed by atoms with van der Waals surface area (Å²) in [4.78, 5) is 0. The van der Waals surface area contributed by atoms with Gasteiger partial charge in [-0.2, -0.15) is 0 Å². The molecule has 1 N–H and O–H groups in total. The zero-order valence-corrected chi connectivity index (χ0v) is 10.3. The zero-order valence-electron chi connectivity index (χ0n) is 10.3. The first kappa shape index (κ1) is 12.3. The van der Waals surface area contributed by atoms with Gasteiger partial charge in [-0.15, -0.1) is 0 Å². The molecule has 0 aromatic heterocycles. The SMILES string of the molecule is C=C1C=CCC(C)(C)/C1=C(\C)CC(C)O. The van der Waals surface area contributed by atoms with E-state index in [2.05, 4.69) is 39.5 Å². The van der Waals surface area contributed by atoms with E-state index in [4.69, 9.17) is 0 Å². The Morgan fingerprint density at radius 2 is 2.20 bits per heavy atom. The molecule has 0 bridgehead atoms. The van der Waals surface area contributed by atoms with Gasteiger partial charge in [-0.25, -0.2) is 0 Å². The topological polar surface area (TPSA) is 20.2 Å². The molecule has 0 heterocycles. The van der Waals surface area contributed by atoms with Crippen molar-refractivity contribution >= 4 is 0 Å². The number of aliphatic hydroxyl groups excluding tert-OH is 1. The number of hydrogen-bond acceptors (Lipinski definition) is 1. The highest BCUT2D eigenvalue weighted by Gasteiger charge is 2.27. The largest absolute Gasteiger partial charge is 0.393 e. The molecule has 1 nitrogen and oxygen atoms in total. The molecule has 0 fully saturated rings. The molecule has 0 saturated heterocycles. The van der Waals surface area contributed by atoms with Gasteiger partial charge in [-0.05, 0) is 43.3 Å². The highest BCUT2D eigenvalue weighted by atomic mass is 16.3. The molecule has 0 aromatic rings. The van der Waals surface area contributed by atoms with Crippen LogP contribution in [0.5, 0.6) is 0 Å². The molecule has 1 rings (SSSR count). The third kappa shape index (κ3) is 2.82. The van der Waals surface area contributed by atoms with Gasteiger partial charge in [0.1, 0.15) is 0 Å². The van der Waals surface area contributed by atoms with E-state index in [1.165, 1.54) is 11.1 Å². The Kier molecular flexibility index (Phi) is 3.56. The van der Waals surface area contributed by atoms with Gasteiger partial charge in [0.15, 0.2) is 0 Å². The van der Waals surface area contributed by atoms with Crippen LogP contribution in [0.2, 0.25) is 0 Å². The van der Waals surface area contributed by atoms with Crippen molar-refractivity contribution in [1.29, 1.82) is 0 Å². The fraction of sp³-hybridized carbons (Fsp3) is 0.571. The molecule has 0 aromatic carbocycles. The van der Waals surface area contributed by atoms with Gasteiger partial charge < -0.3 is 5.11 Å². The second-order valence-corrected chi connectivity index (χ2v) is 5.22. The standard InChI is InChI=1S/C14H22O/c1-10-7-6-8-14(4,5)13(10)11(2)9-12(3)15/h6-7,12,15H,1,8-9H2,2-5H3/b13-11+.